The van der Waals surface area contributed by atoms with Gasteiger partial charge in [-0.1, -0.05) is 48.0 Å². The van der Waals surface area contributed by atoms with Crippen molar-refractivity contribution in [3.05, 3.63) is 69.9 Å². The van der Waals surface area contributed by atoms with E-state index in [1.54, 1.807) is 18.3 Å². The zero-order valence-corrected chi connectivity index (χ0v) is 19.3. The summed E-state index contributed by atoms with van der Waals surface area (Å²) in [5.74, 6) is 0. The first-order chi connectivity index (χ1) is 15.1. The predicted octanol–water partition coefficient (Wildman–Crippen LogP) is 4.55. The van der Waals surface area contributed by atoms with E-state index in [0.717, 1.165) is 5.56 Å². The summed E-state index contributed by atoms with van der Waals surface area (Å²) in [7, 11) is -0.698. The van der Waals surface area contributed by atoms with Crippen LogP contribution < -0.4 is 5.32 Å². The van der Waals surface area contributed by atoms with Crippen LogP contribution in [0.3, 0.4) is 0 Å². The highest BCUT2D eigenvalue weighted by Gasteiger charge is 2.52. The third-order valence-corrected chi connectivity index (χ3v) is 5.84. The minimum atomic E-state index is -0.698. The monoisotopic (exact) mass is 453 g/mol. The number of nitrogens with zero attached hydrogens (tertiary/aromatic N) is 2. The lowest BCUT2D eigenvalue weighted by atomic mass is 9.77. The Balaban J connectivity index is 1.77. The molecule has 0 saturated carbocycles. The quantitative estimate of drug-likeness (QED) is 0.509. The maximum absolute atomic E-state index is 12.3. The number of pyridine rings is 1. The lowest BCUT2D eigenvalue weighted by Gasteiger charge is -2.32. The van der Waals surface area contributed by atoms with Crippen LogP contribution >= 0.6 is 11.6 Å². The van der Waals surface area contributed by atoms with E-state index in [1.165, 1.54) is 0 Å². The minimum Gasteiger partial charge on any atom is -0.445 e. The Morgan fingerprint density at radius 1 is 1.25 bits per heavy atom. The Bertz CT molecular complexity index is 1030. The van der Waals surface area contributed by atoms with Gasteiger partial charge in [0.2, 0.25) is 0 Å². The van der Waals surface area contributed by atoms with Crippen LogP contribution in [0.4, 0.5) is 4.79 Å². The number of hydrogen-bond donors (Lipinski definition) is 1. The molecule has 1 fully saturated rings. The number of nitrogens with one attached hydrogen (secondary N) is 1. The van der Waals surface area contributed by atoms with E-state index >= 15 is 0 Å². The fourth-order valence-electron chi connectivity index (χ4n) is 2.98. The van der Waals surface area contributed by atoms with Crippen molar-refractivity contribution >= 4 is 30.9 Å². The number of alkyl carbamates (subject to hydrolysis) is 1. The SMILES string of the molecule is CC1(C)OB(C(=Cc2cnc(Cl)c(C#N)c2)CNC(=O)OCc2ccccc2)OC1(C)C. The molecule has 1 N–H and O–H groups in total. The van der Waals surface area contributed by atoms with Crippen molar-refractivity contribution < 1.29 is 18.8 Å². The summed E-state index contributed by atoms with van der Waals surface area (Å²) in [4.78, 5) is 16.3. The van der Waals surface area contributed by atoms with Crippen molar-refractivity contribution in [2.75, 3.05) is 6.54 Å². The van der Waals surface area contributed by atoms with Gasteiger partial charge < -0.3 is 19.4 Å². The molecule has 1 aliphatic heterocycles. The molecule has 1 aliphatic rings. The highest BCUT2D eigenvalue weighted by molar-refractivity contribution is 6.56. The molecular formula is C23H25BClN3O4. The maximum atomic E-state index is 12.3. The Morgan fingerprint density at radius 2 is 1.91 bits per heavy atom. The molecule has 1 aromatic heterocycles. The summed E-state index contributed by atoms with van der Waals surface area (Å²) in [6.07, 6.45) is 2.74. The predicted molar refractivity (Wildman–Crippen MR) is 123 cm³/mol. The number of benzene rings is 1. The van der Waals surface area contributed by atoms with E-state index in [1.807, 2.05) is 64.1 Å². The topological polar surface area (TPSA) is 93.5 Å². The maximum Gasteiger partial charge on any atom is 0.492 e. The highest BCUT2D eigenvalue weighted by Crippen LogP contribution is 2.38. The molecule has 7 nitrogen and oxygen atoms in total. The van der Waals surface area contributed by atoms with E-state index in [4.69, 9.17) is 25.6 Å². The molecule has 32 heavy (non-hydrogen) atoms. The Morgan fingerprint density at radius 3 is 2.53 bits per heavy atom. The Hall–Kier alpha value is -2.86. The third kappa shape index (κ3) is 5.68. The number of hydrogen-bond acceptors (Lipinski definition) is 6. The van der Waals surface area contributed by atoms with Gasteiger partial charge in [-0.2, -0.15) is 5.26 Å². The van der Waals surface area contributed by atoms with E-state index in [9.17, 15) is 10.1 Å². The van der Waals surface area contributed by atoms with Crippen LogP contribution in [0.5, 0.6) is 0 Å². The Labute approximate surface area is 193 Å². The zero-order valence-electron chi connectivity index (χ0n) is 18.5. The molecule has 9 heteroatoms. The summed E-state index contributed by atoms with van der Waals surface area (Å²) in [5.41, 5.74) is 1.31. The third-order valence-electron chi connectivity index (χ3n) is 5.54. The number of aromatic nitrogens is 1. The standard InChI is InChI=1S/C23H25BClN3O4/c1-22(2)23(3,4)32-24(31-22)19(11-17-10-18(12-26)20(25)27-13-17)14-28-21(29)30-15-16-8-6-5-7-9-16/h5-11,13H,14-15H2,1-4H3,(H,28,29). The minimum absolute atomic E-state index is 0.120. The van der Waals surface area contributed by atoms with Gasteiger partial charge in [0.15, 0.2) is 0 Å². The van der Waals surface area contributed by atoms with Gasteiger partial charge in [0.1, 0.15) is 17.8 Å². The first kappa shape index (κ1) is 23.8. The van der Waals surface area contributed by atoms with Crippen molar-refractivity contribution in [3.63, 3.8) is 0 Å². The molecule has 2 heterocycles. The molecule has 0 unspecified atom stereocenters. The molecule has 3 rings (SSSR count). The van der Waals surface area contributed by atoms with Crippen LogP contribution in [-0.4, -0.2) is 35.9 Å². The largest absolute Gasteiger partial charge is 0.492 e. The van der Waals surface area contributed by atoms with Crippen molar-refractivity contribution in [2.24, 2.45) is 0 Å². The molecule has 0 aliphatic carbocycles. The van der Waals surface area contributed by atoms with Crippen LogP contribution in [0.25, 0.3) is 6.08 Å². The van der Waals surface area contributed by atoms with Gasteiger partial charge in [0.05, 0.1) is 16.8 Å². The van der Waals surface area contributed by atoms with Crippen LogP contribution in [0, 0.1) is 11.3 Å². The molecule has 166 valence electrons. The molecule has 1 saturated heterocycles. The van der Waals surface area contributed by atoms with Gasteiger partial charge in [-0.15, -0.1) is 0 Å². The van der Waals surface area contributed by atoms with Crippen molar-refractivity contribution in [3.8, 4) is 6.07 Å². The van der Waals surface area contributed by atoms with Crippen LogP contribution in [0.2, 0.25) is 5.15 Å². The van der Waals surface area contributed by atoms with E-state index < -0.39 is 24.4 Å². The average molecular weight is 454 g/mol. The van der Waals surface area contributed by atoms with Gasteiger partial charge in [-0.25, -0.2) is 9.78 Å². The molecule has 0 bridgehead atoms. The molecule has 0 atom stereocenters. The normalized spacial score (nSPS) is 17.0. The summed E-state index contributed by atoms with van der Waals surface area (Å²) in [6, 6.07) is 13.0. The first-order valence-electron chi connectivity index (χ1n) is 10.2. The number of carbonyl (C=O) groups excluding carboxylic acids is 1. The summed E-state index contributed by atoms with van der Waals surface area (Å²) in [5, 5.41) is 12.1. The zero-order chi connectivity index (χ0) is 23.4. The van der Waals surface area contributed by atoms with Gasteiger partial charge in [0.25, 0.3) is 0 Å². The van der Waals surface area contributed by atoms with Gasteiger partial charge in [0, 0.05) is 12.7 Å². The highest BCUT2D eigenvalue weighted by atomic mass is 35.5. The fraction of sp³-hybridized carbons (Fsp3) is 0.348. The van der Waals surface area contributed by atoms with E-state index in [0.29, 0.717) is 11.0 Å². The second-order valence-corrected chi connectivity index (χ2v) is 8.80. The number of carbonyl (C=O) groups is 1. The lowest BCUT2D eigenvalue weighted by molar-refractivity contribution is 0.00578. The van der Waals surface area contributed by atoms with E-state index in [-0.39, 0.29) is 23.9 Å². The van der Waals surface area contributed by atoms with Gasteiger partial charge in [-0.05, 0) is 50.4 Å². The molecule has 0 spiro atoms. The molecule has 0 radical (unpaired) electrons. The van der Waals surface area contributed by atoms with Crippen LogP contribution in [0.1, 0.15) is 44.4 Å². The Kier molecular flexibility index (Phi) is 7.24. The van der Waals surface area contributed by atoms with Gasteiger partial charge in [-0.3, -0.25) is 0 Å². The molecule has 2 aromatic rings. The number of halogens is 1. The summed E-state index contributed by atoms with van der Waals surface area (Å²) < 4.78 is 17.6. The molecular weight excluding hydrogens is 429 g/mol. The number of nitriles is 1. The average Bonchev–Trinajstić information content (AvgIpc) is 2.98. The van der Waals surface area contributed by atoms with Crippen LogP contribution in [0.15, 0.2) is 48.1 Å². The number of amides is 1. The molecule has 1 aromatic carbocycles. The smallest absolute Gasteiger partial charge is 0.445 e. The van der Waals surface area contributed by atoms with Crippen molar-refractivity contribution in [2.45, 2.75) is 45.5 Å². The summed E-state index contributed by atoms with van der Waals surface area (Å²) >= 11 is 5.95. The second-order valence-electron chi connectivity index (χ2n) is 8.44. The molecule has 1 amide bonds. The van der Waals surface area contributed by atoms with Crippen molar-refractivity contribution in [1.29, 1.82) is 5.26 Å². The van der Waals surface area contributed by atoms with E-state index in [2.05, 4.69) is 10.3 Å². The van der Waals surface area contributed by atoms with Crippen LogP contribution in [-0.2, 0) is 20.7 Å². The first-order valence-corrected chi connectivity index (χ1v) is 10.6. The number of rotatable bonds is 6. The lowest BCUT2D eigenvalue weighted by Crippen LogP contribution is -2.41. The second kappa shape index (κ2) is 9.74. The van der Waals surface area contributed by atoms with Gasteiger partial charge >= 0.3 is 13.2 Å². The van der Waals surface area contributed by atoms with Crippen molar-refractivity contribution in [1.82, 2.24) is 10.3 Å². The number of ether oxygens (including phenoxy) is 1. The summed E-state index contributed by atoms with van der Waals surface area (Å²) in [6.45, 7) is 8.07. The fourth-order valence-corrected chi connectivity index (χ4v) is 3.13.